The highest BCUT2D eigenvalue weighted by atomic mass is 16.3. The fraction of sp³-hybridized carbons (Fsp3) is 0.235. The van der Waals surface area contributed by atoms with Gasteiger partial charge in [0.2, 0.25) is 0 Å². The normalized spacial score (nSPS) is 10.4. The van der Waals surface area contributed by atoms with Crippen molar-refractivity contribution in [3.63, 3.8) is 0 Å². The molecule has 2 rings (SSSR count). The van der Waals surface area contributed by atoms with E-state index in [4.69, 9.17) is 5.73 Å². The molecule has 110 valence electrons. The molecule has 1 amide bonds. The molecule has 0 unspecified atom stereocenters. The Balaban J connectivity index is 2.48. The van der Waals surface area contributed by atoms with Gasteiger partial charge in [0.1, 0.15) is 0 Å². The van der Waals surface area contributed by atoms with Crippen LogP contribution in [0.3, 0.4) is 0 Å². The van der Waals surface area contributed by atoms with Gasteiger partial charge in [-0.3, -0.25) is 4.79 Å². The second kappa shape index (κ2) is 6.41. The van der Waals surface area contributed by atoms with E-state index in [2.05, 4.69) is 0 Å². The smallest absolute Gasteiger partial charge is 0.258 e. The van der Waals surface area contributed by atoms with Crippen LogP contribution in [0.2, 0.25) is 0 Å². The Labute approximate surface area is 124 Å². The number of aryl methyl sites for hydroxylation is 2. The van der Waals surface area contributed by atoms with E-state index in [-0.39, 0.29) is 19.1 Å². The van der Waals surface area contributed by atoms with Crippen molar-refractivity contribution in [1.29, 1.82) is 0 Å². The van der Waals surface area contributed by atoms with E-state index < -0.39 is 0 Å². The van der Waals surface area contributed by atoms with Crippen molar-refractivity contribution >= 4 is 17.3 Å². The number of aliphatic hydroxyl groups is 1. The van der Waals surface area contributed by atoms with Crippen LogP contribution in [0.25, 0.3) is 0 Å². The molecule has 0 aliphatic rings. The number of rotatable bonds is 4. The van der Waals surface area contributed by atoms with Gasteiger partial charge in [-0.1, -0.05) is 30.3 Å². The molecule has 0 bridgehead atoms. The fourth-order valence-corrected chi connectivity index (χ4v) is 2.45. The maximum atomic E-state index is 12.9. The highest BCUT2D eigenvalue weighted by Crippen LogP contribution is 2.26. The Morgan fingerprint density at radius 2 is 1.71 bits per heavy atom. The third-order valence-electron chi connectivity index (χ3n) is 3.49. The topological polar surface area (TPSA) is 66.6 Å². The summed E-state index contributed by atoms with van der Waals surface area (Å²) in [7, 11) is 0. The molecule has 0 radical (unpaired) electrons. The van der Waals surface area contributed by atoms with Gasteiger partial charge in [0.15, 0.2) is 0 Å². The minimum atomic E-state index is -0.141. The highest BCUT2D eigenvalue weighted by molar-refractivity contribution is 6.09. The molecule has 3 N–H and O–H groups in total. The van der Waals surface area contributed by atoms with Crippen molar-refractivity contribution in [2.75, 3.05) is 23.8 Å². The van der Waals surface area contributed by atoms with Gasteiger partial charge >= 0.3 is 0 Å². The Bertz CT molecular complexity index is 633. The van der Waals surface area contributed by atoms with E-state index in [1.807, 2.05) is 44.2 Å². The summed E-state index contributed by atoms with van der Waals surface area (Å²) in [5.74, 6) is -0.141. The zero-order valence-corrected chi connectivity index (χ0v) is 12.3. The molecule has 0 aromatic heterocycles. The van der Waals surface area contributed by atoms with Crippen LogP contribution in [0.1, 0.15) is 21.5 Å². The molecule has 4 nitrogen and oxygen atoms in total. The van der Waals surface area contributed by atoms with Crippen molar-refractivity contribution < 1.29 is 9.90 Å². The molecule has 0 fully saturated rings. The average molecular weight is 284 g/mol. The Hall–Kier alpha value is -2.33. The summed E-state index contributed by atoms with van der Waals surface area (Å²) < 4.78 is 0. The molecule has 2 aromatic carbocycles. The molecular formula is C17H20N2O2. The van der Waals surface area contributed by atoms with Gasteiger partial charge in [-0.15, -0.1) is 0 Å². The van der Waals surface area contributed by atoms with Crippen LogP contribution in [0.4, 0.5) is 11.4 Å². The second-order valence-corrected chi connectivity index (χ2v) is 5.01. The molecule has 0 aliphatic heterocycles. The molecule has 21 heavy (non-hydrogen) atoms. The lowest BCUT2D eigenvalue weighted by atomic mass is 10.0. The molecule has 0 saturated carbocycles. The minimum Gasteiger partial charge on any atom is -0.397 e. The van der Waals surface area contributed by atoms with Crippen molar-refractivity contribution in [2.24, 2.45) is 0 Å². The van der Waals surface area contributed by atoms with Crippen LogP contribution in [0.5, 0.6) is 0 Å². The first-order valence-corrected chi connectivity index (χ1v) is 6.89. The highest BCUT2D eigenvalue weighted by Gasteiger charge is 2.21. The van der Waals surface area contributed by atoms with Gasteiger partial charge in [0.25, 0.3) is 5.91 Å². The number of aliphatic hydroxyl groups excluding tert-OH is 1. The van der Waals surface area contributed by atoms with E-state index in [0.29, 0.717) is 16.9 Å². The number of anilines is 2. The summed E-state index contributed by atoms with van der Waals surface area (Å²) in [6.45, 7) is 3.91. The van der Waals surface area contributed by atoms with E-state index in [1.165, 1.54) is 4.90 Å². The maximum Gasteiger partial charge on any atom is 0.258 e. The van der Waals surface area contributed by atoms with Gasteiger partial charge in [-0.2, -0.15) is 0 Å². The first-order valence-electron chi connectivity index (χ1n) is 6.89. The van der Waals surface area contributed by atoms with Crippen LogP contribution in [-0.2, 0) is 0 Å². The Kier molecular flexibility index (Phi) is 4.60. The van der Waals surface area contributed by atoms with Crippen molar-refractivity contribution in [1.82, 2.24) is 0 Å². The zero-order valence-electron chi connectivity index (χ0n) is 12.3. The van der Waals surface area contributed by atoms with Crippen LogP contribution < -0.4 is 10.6 Å². The molecule has 0 aliphatic carbocycles. The van der Waals surface area contributed by atoms with Crippen molar-refractivity contribution in [3.05, 3.63) is 59.2 Å². The lowest BCUT2D eigenvalue weighted by Gasteiger charge is -2.25. The molecule has 0 saturated heterocycles. The van der Waals surface area contributed by atoms with Gasteiger partial charge in [0.05, 0.1) is 18.0 Å². The summed E-state index contributed by atoms with van der Waals surface area (Å²) in [5, 5.41) is 9.29. The van der Waals surface area contributed by atoms with Gasteiger partial charge in [-0.25, -0.2) is 0 Å². The van der Waals surface area contributed by atoms with Gasteiger partial charge in [0, 0.05) is 12.1 Å². The molecule has 0 spiro atoms. The molecular weight excluding hydrogens is 264 g/mol. The summed E-state index contributed by atoms with van der Waals surface area (Å²) >= 11 is 0. The number of carbonyl (C=O) groups excluding carboxylic acids is 1. The fourth-order valence-electron chi connectivity index (χ4n) is 2.45. The number of carbonyl (C=O) groups is 1. The largest absolute Gasteiger partial charge is 0.397 e. The quantitative estimate of drug-likeness (QED) is 0.848. The monoisotopic (exact) mass is 284 g/mol. The third kappa shape index (κ3) is 3.06. The number of hydrogen-bond acceptors (Lipinski definition) is 3. The zero-order chi connectivity index (χ0) is 15.4. The summed E-state index contributed by atoms with van der Waals surface area (Å²) in [6, 6.07) is 12.9. The Morgan fingerprint density at radius 3 is 2.29 bits per heavy atom. The lowest BCUT2D eigenvalue weighted by molar-refractivity contribution is 0.0980. The van der Waals surface area contributed by atoms with Crippen LogP contribution >= 0.6 is 0 Å². The first kappa shape index (κ1) is 15.1. The summed E-state index contributed by atoms with van der Waals surface area (Å²) in [6.07, 6.45) is 0. The average Bonchev–Trinajstić information content (AvgIpc) is 2.45. The number of amides is 1. The lowest BCUT2D eigenvalue weighted by Crippen LogP contribution is -2.35. The van der Waals surface area contributed by atoms with Gasteiger partial charge in [-0.05, 0) is 37.1 Å². The van der Waals surface area contributed by atoms with Crippen LogP contribution in [0, 0.1) is 13.8 Å². The minimum absolute atomic E-state index is 0.120. The first-order chi connectivity index (χ1) is 10.1. The van der Waals surface area contributed by atoms with Crippen LogP contribution in [-0.4, -0.2) is 24.2 Å². The van der Waals surface area contributed by atoms with E-state index in [1.54, 1.807) is 12.1 Å². The number of para-hydroxylation sites is 2. The summed E-state index contributed by atoms with van der Waals surface area (Å²) in [4.78, 5) is 14.4. The predicted octanol–water partition coefficient (Wildman–Crippen LogP) is 2.52. The molecule has 0 heterocycles. The molecule has 2 aromatic rings. The number of hydrogen-bond donors (Lipinski definition) is 2. The number of nitrogens with two attached hydrogens (primary N) is 1. The SMILES string of the molecule is Cc1cccc(C)c1C(=O)N(CCO)c1ccccc1N. The van der Waals surface area contributed by atoms with Gasteiger partial charge < -0.3 is 15.7 Å². The van der Waals surface area contributed by atoms with E-state index in [0.717, 1.165) is 11.1 Å². The number of nitrogen functional groups attached to an aromatic ring is 1. The number of benzene rings is 2. The van der Waals surface area contributed by atoms with Crippen LogP contribution in [0.15, 0.2) is 42.5 Å². The molecule has 0 atom stereocenters. The standard InChI is InChI=1S/C17H20N2O2/c1-12-6-5-7-13(2)16(12)17(21)19(10-11-20)15-9-4-3-8-14(15)18/h3-9,20H,10-11,18H2,1-2H3. The van der Waals surface area contributed by atoms with Crippen molar-refractivity contribution in [3.8, 4) is 0 Å². The van der Waals surface area contributed by atoms with E-state index >= 15 is 0 Å². The number of nitrogens with zero attached hydrogens (tertiary/aromatic N) is 1. The maximum absolute atomic E-state index is 12.9. The second-order valence-electron chi connectivity index (χ2n) is 5.01. The molecule has 4 heteroatoms. The third-order valence-corrected chi connectivity index (χ3v) is 3.49. The predicted molar refractivity (Wildman–Crippen MR) is 85.5 cm³/mol. The Morgan fingerprint density at radius 1 is 1.10 bits per heavy atom. The summed E-state index contributed by atoms with van der Waals surface area (Å²) in [5.41, 5.74) is 9.60. The van der Waals surface area contributed by atoms with E-state index in [9.17, 15) is 9.90 Å². The van der Waals surface area contributed by atoms with Crippen molar-refractivity contribution in [2.45, 2.75) is 13.8 Å².